The van der Waals surface area contributed by atoms with E-state index in [0.29, 0.717) is 17.0 Å². The molecule has 1 amide bonds. The highest BCUT2D eigenvalue weighted by Gasteiger charge is 2.15. The maximum Gasteiger partial charge on any atom is 0.269 e. The Balaban J connectivity index is 1.72. The molecule has 4 N–H and O–H groups in total. The van der Waals surface area contributed by atoms with Crippen LogP contribution in [-0.2, 0) is 4.79 Å². The minimum Gasteiger partial charge on any atom is -0.457 e. The van der Waals surface area contributed by atoms with Crippen molar-refractivity contribution in [3.8, 4) is 11.5 Å². The molecule has 0 saturated carbocycles. The zero-order chi connectivity index (χ0) is 19.8. The smallest absolute Gasteiger partial charge is 0.269 e. The lowest BCUT2D eigenvalue weighted by Gasteiger charge is -2.13. The summed E-state index contributed by atoms with van der Waals surface area (Å²) in [5.41, 5.74) is 1.75. The number of benzene rings is 3. The van der Waals surface area contributed by atoms with Gasteiger partial charge in [-0.15, -0.1) is 0 Å². The monoisotopic (exact) mass is 375 g/mol. The molecular formula is C22H21N3O3. The Bertz CT molecular complexity index is 941. The van der Waals surface area contributed by atoms with Crippen LogP contribution in [-0.4, -0.2) is 29.9 Å². The van der Waals surface area contributed by atoms with Gasteiger partial charge in [-0.05, 0) is 42.5 Å². The van der Waals surface area contributed by atoms with Gasteiger partial charge in [0.25, 0.3) is 5.91 Å². The summed E-state index contributed by atoms with van der Waals surface area (Å²) in [6.07, 6.45) is 0. The first-order valence-electron chi connectivity index (χ1n) is 8.84. The summed E-state index contributed by atoms with van der Waals surface area (Å²) in [6, 6.07) is 24.0. The summed E-state index contributed by atoms with van der Waals surface area (Å²) in [4.78, 5) is 12.0. The molecule has 0 aliphatic carbocycles. The van der Waals surface area contributed by atoms with Gasteiger partial charge in [-0.2, -0.15) is 0 Å². The number of carbonyl (C=O) groups is 1. The molecule has 6 nitrogen and oxygen atoms in total. The molecule has 0 aliphatic heterocycles. The first-order valence-corrected chi connectivity index (χ1v) is 8.84. The summed E-state index contributed by atoms with van der Waals surface area (Å²) >= 11 is 0. The zero-order valence-corrected chi connectivity index (χ0v) is 15.2. The first-order chi connectivity index (χ1) is 13.7. The molecule has 0 saturated heterocycles. The van der Waals surface area contributed by atoms with Crippen LogP contribution < -0.4 is 15.4 Å². The quantitative estimate of drug-likeness (QED) is 0.452. The summed E-state index contributed by atoms with van der Waals surface area (Å²) in [5.74, 6) is 0.937. The summed E-state index contributed by atoms with van der Waals surface area (Å²) in [5, 5.41) is 22.7. The van der Waals surface area contributed by atoms with E-state index in [0.717, 1.165) is 11.4 Å². The molecule has 3 aromatic carbocycles. The van der Waals surface area contributed by atoms with E-state index in [1.54, 1.807) is 18.2 Å². The van der Waals surface area contributed by atoms with Crippen LogP contribution in [0.4, 0.5) is 11.4 Å². The molecule has 142 valence electrons. The van der Waals surface area contributed by atoms with Crippen LogP contribution in [0.2, 0.25) is 0 Å². The number of hydrogen-bond acceptors (Lipinski definition) is 5. The van der Waals surface area contributed by atoms with Gasteiger partial charge in [-0.25, -0.2) is 0 Å². The van der Waals surface area contributed by atoms with Gasteiger partial charge in [0.1, 0.15) is 17.2 Å². The number of ether oxygens (including phenoxy) is 1. The molecular weight excluding hydrogens is 354 g/mol. The van der Waals surface area contributed by atoms with Crippen molar-refractivity contribution in [2.24, 2.45) is 0 Å². The minimum atomic E-state index is -0.532. The predicted molar refractivity (Wildman–Crippen MR) is 110 cm³/mol. The number of para-hydroxylation sites is 2. The van der Waals surface area contributed by atoms with E-state index in [-0.39, 0.29) is 18.9 Å². The average molecular weight is 375 g/mol. The van der Waals surface area contributed by atoms with E-state index >= 15 is 0 Å². The molecule has 0 atom stereocenters. The lowest BCUT2D eigenvalue weighted by atomic mass is 10.1. The molecule has 0 aromatic heterocycles. The Morgan fingerprint density at radius 2 is 1.54 bits per heavy atom. The number of carbonyl (C=O) groups excluding carboxylic acids is 1. The van der Waals surface area contributed by atoms with Crippen molar-refractivity contribution in [3.05, 3.63) is 84.4 Å². The van der Waals surface area contributed by atoms with Crippen LogP contribution in [0.3, 0.4) is 0 Å². The number of anilines is 2. The predicted octanol–water partition coefficient (Wildman–Crippen LogP) is 3.70. The van der Waals surface area contributed by atoms with Crippen molar-refractivity contribution in [3.63, 3.8) is 0 Å². The van der Waals surface area contributed by atoms with Crippen molar-refractivity contribution < 1.29 is 14.6 Å². The second-order valence-corrected chi connectivity index (χ2v) is 5.96. The Labute approximate surface area is 163 Å². The van der Waals surface area contributed by atoms with Gasteiger partial charge in [0.15, 0.2) is 0 Å². The molecule has 28 heavy (non-hydrogen) atoms. The van der Waals surface area contributed by atoms with Crippen LogP contribution in [0.25, 0.3) is 0 Å². The number of aliphatic hydroxyl groups excluding tert-OH is 1. The van der Waals surface area contributed by atoms with Crippen LogP contribution >= 0.6 is 0 Å². The Kier molecular flexibility index (Phi) is 6.38. The van der Waals surface area contributed by atoms with Crippen molar-refractivity contribution in [1.82, 2.24) is 5.32 Å². The maximum atomic E-state index is 12.0. The van der Waals surface area contributed by atoms with E-state index < -0.39 is 5.91 Å². The van der Waals surface area contributed by atoms with E-state index in [1.165, 1.54) is 0 Å². The maximum absolute atomic E-state index is 12.0. The lowest BCUT2D eigenvalue weighted by Crippen LogP contribution is -2.33. The normalized spacial score (nSPS) is 10.2. The number of rotatable bonds is 8. The van der Waals surface area contributed by atoms with Crippen molar-refractivity contribution in [1.29, 1.82) is 5.41 Å². The van der Waals surface area contributed by atoms with Gasteiger partial charge in [-0.1, -0.05) is 36.4 Å². The fourth-order valence-corrected chi connectivity index (χ4v) is 2.58. The Morgan fingerprint density at radius 3 is 2.25 bits per heavy atom. The molecule has 6 heteroatoms. The van der Waals surface area contributed by atoms with E-state index in [4.69, 9.17) is 15.3 Å². The average Bonchev–Trinajstić information content (AvgIpc) is 2.74. The third kappa shape index (κ3) is 4.96. The fraction of sp³-hybridized carbons (Fsp3) is 0.0909. The highest BCUT2D eigenvalue weighted by atomic mass is 16.5. The lowest BCUT2D eigenvalue weighted by molar-refractivity contribution is -0.114. The Morgan fingerprint density at radius 1 is 0.893 bits per heavy atom. The van der Waals surface area contributed by atoms with Crippen LogP contribution in [0.1, 0.15) is 5.56 Å². The fourth-order valence-electron chi connectivity index (χ4n) is 2.58. The van der Waals surface area contributed by atoms with Crippen molar-refractivity contribution in [2.45, 2.75) is 0 Å². The van der Waals surface area contributed by atoms with E-state index in [9.17, 15) is 4.79 Å². The van der Waals surface area contributed by atoms with Gasteiger partial charge in [0, 0.05) is 23.5 Å². The molecule has 0 aliphatic rings. The topological polar surface area (TPSA) is 94.4 Å². The van der Waals surface area contributed by atoms with Gasteiger partial charge >= 0.3 is 0 Å². The molecule has 0 heterocycles. The summed E-state index contributed by atoms with van der Waals surface area (Å²) in [6.45, 7) is -0.0595. The van der Waals surface area contributed by atoms with E-state index in [2.05, 4.69) is 10.6 Å². The number of amides is 1. The number of aliphatic hydroxyl groups is 1. The standard InChI is InChI=1S/C22H21N3O3/c23-21(22(27)24-14-15-26)19-8-4-5-9-20(19)25-16-10-12-18(13-11-16)28-17-6-2-1-3-7-17/h1-13,23,25-26H,14-15H2,(H,24,27). The van der Waals surface area contributed by atoms with Gasteiger partial charge in [0.05, 0.1) is 6.61 Å². The highest BCUT2D eigenvalue weighted by molar-refractivity contribution is 6.45. The van der Waals surface area contributed by atoms with Crippen molar-refractivity contribution >= 4 is 23.0 Å². The molecule has 0 unspecified atom stereocenters. The second-order valence-electron chi connectivity index (χ2n) is 5.96. The van der Waals surface area contributed by atoms with Gasteiger partial charge < -0.3 is 20.5 Å². The number of hydrogen-bond donors (Lipinski definition) is 4. The number of nitrogens with one attached hydrogen (secondary N) is 3. The van der Waals surface area contributed by atoms with Crippen LogP contribution in [0.15, 0.2) is 78.9 Å². The molecule has 3 rings (SSSR count). The van der Waals surface area contributed by atoms with Crippen LogP contribution in [0.5, 0.6) is 11.5 Å². The van der Waals surface area contributed by atoms with Crippen LogP contribution in [0, 0.1) is 5.41 Å². The van der Waals surface area contributed by atoms with Gasteiger partial charge in [-0.3, -0.25) is 10.2 Å². The Hall–Kier alpha value is -3.64. The van der Waals surface area contributed by atoms with Gasteiger partial charge in [0.2, 0.25) is 0 Å². The first kappa shape index (κ1) is 19.1. The highest BCUT2D eigenvalue weighted by Crippen LogP contribution is 2.26. The largest absolute Gasteiger partial charge is 0.457 e. The minimum absolute atomic E-state index is 0.111. The molecule has 0 fully saturated rings. The molecule has 3 aromatic rings. The zero-order valence-electron chi connectivity index (χ0n) is 15.2. The molecule has 0 bridgehead atoms. The van der Waals surface area contributed by atoms with Crippen molar-refractivity contribution in [2.75, 3.05) is 18.5 Å². The van der Waals surface area contributed by atoms with E-state index in [1.807, 2.05) is 60.7 Å². The molecule has 0 spiro atoms. The third-order valence-corrected chi connectivity index (χ3v) is 3.93. The summed E-state index contributed by atoms with van der Waals surface area (Å²) < 4.78 is 5.78. The second kappa shape index (κ2) is 9.34. The molecule has 0 radical (unpaired) electrons. The third-order valence-electron chi connectivity index (χ3n) is 3.93. The summed E-state index contributed by atoms with van der Waals surface area (Å²) in [7, 11) is 0. The SMILES string of the molecule is N=C(C(=O)NCCO)c1ccccc1Nc1ccc(Oc2ccccc2)cc1.